The highest BCUT2D eigenvalue weighted by Gasteiger charge is 2.10. The molecule has 0 spiro atoms. The van der Waals surface area contributed by atoms with E-state index in [9.17, 15) is 4.79 Å². The highest BCUT2D eigenvalue weighted by Crippen LogP contribution is 2.20. The lowest BCUT2D eigenvalue weighted by Gasteiger charge is -2.07. The number of nitriles is 1. The Bertz CT molecular complexity index is 908. The van der Waals surface area contributed by atoms with E-state index in [1.807, 2.05) is 19.2 Å². The molecule has 0 unspecified atom stereocenters. The Morgan fingerprint density at radius 2 is 2.30 bits per heavy atom. The summed E-state index contributed by atoms with van der Waals surface area (Å²) in [5.74, 6) is 0.275. The zero-order chi connectivity index (χ0) is 16.2. The second-order valence-electron chi connectivity index (χ2n) is 5.02. The van der Waals surface area contributed by atoms with Crippen LogP contribution in [0.2, 0.25) is 0 Å². The fourth-order valence-corrected chi connectivity index (χ4v) is 2.24. The number of aromatic amines is 1. The van der Waals surface area contributed by atoms with Gasteiger partial charge in [0, 0.05) is 29.5 Å². The second kappa shape index (κ2) is 6.20. The Morgan fingerprint density at radius 1 is 1.43 bits per heavy atom. The van der Waals surface area contributed by atoms with Gasteiger partial charge in [-0.1, -0.05) is 6.07 Å². The van der Waals surface area contributed by atoms with Crippen LogP contribution in [0.15, 0.2) is 42.7 Å². The highest BCUT2D eigenvalue weighted by atomic mass is 16.5. The van der Waals surface area contributed by atoms with Crippen LogP contribution >= 0.6 is 0 Å². The lowest BCUT2D eigenvalue weighted by atomic mass is 10.1. The van der Waals surface area contributed by atoms with E-state index >= 15 is 0 Å². The Morgan fingerprint density at radius 3 is 3.13 bits per heavy atom. The molecule has 23 heavy (non-hydrogen) atoms. The molecule has 114 valence electrons. The van der Waals surface area contributed by atoms with Gasteiger partial charge in [-0.3, -0.25) is 4.79 Å². The minimum atomic E-state index is -0.252. The number of H-pyrrole nitrogens is 1. The van der Waals surface area contributed by atoms with E-state index in [0.29, 0.717) is 17.0 Å². The van der Waals surface area contributed by atoms with Gasteiger partial charge in [0.25, 0.3) is 5.91 Å². The number of nitrogens with zero attached hydrogens (tertiary/aromatic N) is 2. The molecule has 3 aromatic rings. The molecule has 0 saturated carbocycles. The minimum absolute atomic E-state index is 0.0370. The summed E-state index contributed by atoms with van der Waals surface area (Å²) in [6, 6.07) is 10.6. The fraction of sp³-hybridized carbons (Fsp3) is 0.118. The SMILES string of the molecule is Cc1c[nH]c2ncc(C(=O)Nc3cccc(OCC#N)c3)cc12. The number of fused-ring (bicyclic) bond motifs is 1. The number of aryl methyl sites for hydroxylation is 1. The van der Waals surface area contributed by atoms with E-state index in [1.165, 1.54) is 6.20 Å². The summed E-state index contributed by atoms with van der Waals surface area (Å²) in [5.41, 5.74) is 2.86. The zero-order valence-electron chi connectivity index (χ0n) is 12.5. The van der Waals surface area contributed by atoms with E-state index < -0.39 is 0 Å². The van der Waals surface area contributed by atoms with E-state index in [2.05, 4.69) is 15.3 Å². The lowest BCUT2D eigenvalue weighted by Crippen LogP contribution is -2.12. The molecule has 2 N–H and O–H groups in total. The quantitative estimate of drug-likeness (QED) is 0.775. The van der Waals surface area contributed by atoms with Gasteiger partial charge in [-0.2, -0.15) is 5.26 Å². The predicted octanol–water partition coefficient (Wildman–Crippen LogP) is 3.03. The Balaban J connectivity index is 1.80. The minimum Gasteiger partial charge on any atom is -0.479 e. The molecule has 0 aliphatic carbocycles. The van der Waals surface area contributed by atoms with Crippen molar-refractivity contribution in [3.05, 3.63) is 53.9 Å². The molecule has 3 rings (SSSR count). The first-order valence-electron chi connectivity index (χ1n) is 7.02. The van der Waals surface area contributed by atoms with Crippen molar-refractivity contribution in [2.75, 3.05) is 11.9 Å². The molecular formula is C17H14N4O2. The molecule has 0 aliphatic heterocycles. The van der Waals surface area contributed by atoms with Gasteiger partial charge in [-0.25, -0.2) is 4.98 Å². The van der Waals surface area contributed by atoms with Crippen LogP contribution in [-0.2, 0) is 0 Å². The highest BCUT2D eigenvalue weighted by molar-refractivity contribution is 6.05. The Labute approximate surface area is 132 Å². The van der Waals surface area contributed by atoms with E-state index in [0.717, 1.165) is 16.6 Å². The van der Waals surface area contributed by atoms with Gasteiger partial charge in [0.05, 0.1) is 5.56 Å². The molecule has 0 radical (unpaired) electrons. The number of hydrogen-bond donors (Lipinski definition) is 2. The first-order chi connectivity index (χ1) is 11.2. The summed E-state index contributed by atoms with van der Waals surface area (Å²) in [4.78, 5) is 19.7. The molecule has 6 heteroatoms. The molecule has 1 aromatic carbocycles. The van der Waals surface area contributed by atoms with Gasteiger partial charge in [-0.05, 0) is 30.7 Å². The fourth-order valence-electron chi connectivity index (χ4n) is 2.24. The molecule has 0 bridgehead atoms. The van der Waals surface area contributed by atoms with Crippen molar-refractivity contribution >= 4 is 22.6 Å². The van der Waals surface area contributed by atoms with Crippen LogP contribution < -0.4 is 10.1 Å². The largest absolute Gasteiger partial charge is 0.479 e. The third-order valence-corrected chi connectivity index (χ3v) is 3.40. The third kappa shape index (κ3) is 3.14. The number of nitrogens with one attached hydrogen (secondary N) is 2. The number of carbonyl (C=O) groups is 1. The average molecular weight is 306 g/mol. The summed E-state index contributed by atoms with van der Waals surface area (Å²) in [7, 11) is 0. The number of amides is 1. The molecule has 0 fully saturated rings. The summed E-state index contributed by atoms with van der Waals surface area (Å²) in [6.07, 6.45) is 3.39. The van der Waals surface area contributed by atoms with Crippen molar-refractivity contribution in [2.45, 2.75) is 6.92 Å². The van der Waals surface area contributed by atoms with Gasteiger partial charge >= 0.3 is 0 Å². The topological polar surface area (TPSA) is 90.8 Å². The molecular weight excluding hydrogens is 292 g/mol. The van der Waals surface area contributed by atoms with Crippen molar-refractivity contribution in [3.8, 4) is 11.8 Å². The summed E-state index contributed by atoms with van der Waals surface area (Å²) < 4.78 is 5.22. The monoisotopic (exact) mass is 306 g/mol. The van der Waals surface area contributed by atoms with Crippen LogP contribution in [0.5, 0.6) is 5.75 Å². The van der Waals surface area contributed by atoms with Crippen molar-refractivity contribution in [2.24, 2.45) is 0 Å². The first-order valence-corrected chi connectivity index (χ1v) is 7.02. The number of benzene rings is 1. The van der Waals surface area contributed by atoms with Crippen molar-refractivity contribution in [3.63, 3.8) is 0 Å². The molecule has 0 aliphatic rings. The average Bonchev–Trinajstić information content (AvgIpc) is 2.94. The first kappa shape index (κ1) is 14.6. The van der Waals surface area contributed by atoms with Crippen LogP contribution in [0.25, 0.3) is 11.0 Å². The predicted molar refractivity (Wildman–Crippen MR) is 86.3 cm³/mol. The van der Waals surface area contributed by atoms with Crippen LogP contribution in [0.3, 0.4) is 0 Å². The van der Waals surface area contributed by atoms with E-state index in [-0.39, 0.29) is 12.5 Å². The number of pyridine rings is 1. The summed E-state index contributed by atoms with van der Waals surface area (Å²) >= 11 is 0. The maximum absolute atomic E-state index is 12.4. The molecule has 0 atom stereocenters. The maximum Gasteiger partial charge on any atom is 0.257 e. The molecule has 6 nitrogen and oxygen atoms in total. The van der Waals surface area contributed by atoms with Gasteiger partial charge in [-0.15, -0.1) is 0 Å². The van der Waals surface area contributed by atoms with E-state index in [1.54, 1.807) is 30.3 Å². The van der Waals surface area contributed by atoms with Crippen molar-refractivity contribution in [1.29, 1.82) is 5.26 Å². The standard InChI is InChI=1S/C17H14N4O2/c1-11-9-19-16-15(11)7-12(10-20-16)17(22)21-13-3-2-4-14(8-13)23-6-5-18/h2-4,7-10H,6H2,1H3,(H,19,20)(H,21,22). The zero-order valence-corrected chi connectivity index (χ0v) is 12.5. The third-order valence-electron chi connectivity index (χ3n) is 3.40. The van der Waals surface area contributed by atoms with Crippen LogP contribution in [0.4, 0.5) is 5.69 Å². The Hall–Kier alpha value is -3.33. The Kier molecular flexibility index (Phi) is 3.93. The normalized spacial score (nSPS) is 10.3. The number of carbonyl (C=O) groups excluding carboxylic acids is 1. The van der Waals surface area contributed by atoms with Gasteiger partial charge in [0.1, 0.15) is 17.5 Å². The number of aromatic nitrogens is 2. The smallest absolute Gasteiger partial charge is 0.257 e. The van der Waals surface area contributed by atoms with Gasteiger partial charge in [0.2, 0.25) is 0 Å². The number of rotatable bonds is 4. The molecule has 2 heterocycles. The molecule has 0 saturated heterocycles. The van der Waals surface area contributed by atoms with Crippen LogP contribution in [0, 0.1) is 18.3 Å². The van der Waals surface area contributed by atoms with Crippen LogP contribution in [-0.4, -0.2) is 22.5 Å². The number of ether oxygens (including phenoxy) is 1. The molecule has 2 aromatic heterocycles. The van der Waals surface area contributed by atoms with Crippen molar-refractivity contribution in [1.82, 2.24) is 9.97 Å². The van der Waals surface area contributed by atoms with Crippen LogP contribution in [0.1, 0.15) is 15.9 Å². The van der Waals surface area contributed by atoms with Gasteiger partial charge in [0.15, 0.2) is 6.61 Å². The summed E-state index contributed by atoms with van der Waals surface area (Å²) in [6.45, 7) is 1.92. The summed E-state index contributed by atoms with van der Waals surface area (Å²) in [5, 5.41) is 12.2. The van der Waals surface area contributed by atoms with Crippen molar-refractivity contribution < 1.29 is 9.53 Å². The molecule has 1 amide bonds. The lowest BCUT2D eigenvalue weighted by molar-refractivity contribution is 0.102. The van der Waals surface area contributed by atoms with E-state index in [4.69, 9.17) is 10.00 Å². The number of anilines is 1. The second-order valence-corrected chi connectivity index (χ2v) is 5.02. The maximum atomic E-state index is 12.4. The number of hydrogen-bond acceptors (Lipinski definition) is 4. The van der Waals surface area contributed by atoms with Gasteiger partial charge < -0.3 is 15.0 Å².